The van der Waals surface area contributed by atoms with E-state index in [4.69, 9.17) is 5.11 Å². The van der Waals surface area contributed by atoms with E-state index in [2.05, 4.69) is 43.4 Å². The van der Waals surface area contributed by atoms with E-state index in [1.165, 1.54) is 11.1 Å². The van der Waals surface area contributed by atoms with Crippen LogP contribution >= 0.6 is 0 Å². The molecule has 2 heteroatoms. The molecule has 78 valence electrons. The zero-order valence-electron chi connectivity index (χ0n) is 8.96. The molecule has 14 heavy (non-hydrogen) atoms. The Morgan fingerprint density at radius 2 is 1.93 bits per heavy atom. The lowest BCUT2D eigenvalue weighted by molar-refractivity contribution is 0.284. The van der Waals surface area contributed by atoms with Crippen molar-refractivity contribution in [3.05, 3.63) is 35.4 Å². The molecule has 0 aromatic heterocycles. The third kappa shape index (κ3) is 3.48. The average Bonchev–Trinajstić information content (AvgIpc) is 2.19. The Labute approximate surface area is 86.0 Å². The predicted molar refractivity (Wildman–Crippen MR) is 59.3 cm³/mol. The number of aliphatic hydroxyl groups is 1. The van der Waals surface area contributed by atoms with Crippen LogP contribution in [0.2, 0.25) is 0 Å². The molecule has 0 spiro atoms. The van der Waals surface area contributed by atoms with Crippen LogP contribution in [0, 0.1) is 6.92 Å². The SMILES string of the molecule is Cc1ccc([C@H](C)NCCCO)cc1. The largest absolute Gasteiger partial charge is 0.396 e. The summed E-state index contributed by atoms with van der Waals surface area (Å²) in [4.78, 5) is 0. The number of aryl methyl sites for hydroxylation is 1. The fourth-order valence-corrected chi connectivity index (χ4v) is 1.37. The van der Waals surface area contributed by atoms with E-state index in [1.807, 2.05) is 0 Å². The zero-order chi connectivity index (χ0) is 10.4. The summed E-state index contributed by atoms with van der Waals surface area (Å²) in [6, 6.07) is 8.90. The van der Waals surface area contributed by atoms with Crippen molar-refractivity contribution < 1.29 is 5.11 Å². The highest BCUT2D eigenvalue weighted by atomic mass is 16.3. The van der Waals surface area contributed by atoms with Crippen LogP contribution in [-0.4, -0.2) is 18.3 Å². The quantitative estimate of drug-likeness (QED) is 0.701. The van der Waals surface area contributed by atoms with E-state index in [0.717, 1.165) is 13.0 Å². The summed E-state index contributed by atoms with van der Waals surface area (Å²) in [5, 5.41) is 12.0. The van der Waals surface area contributed by atoms with Crippen LogP contribution in [0.25, 0.3) is 0 Å². The van der Waals surface area contributed by atoms with Crippen molar-refractivity contribution in [2.24, 2.45) is 0 Å². The zero-order valence-corrected chi connectivity index (χ0v) is 8.96. The van der Waals surface area contributed by atoms with Gasteiger partial charge in [0.25, 0.3) is 0 Å². The van der Waals surface area contributed by atoms with Crippen LogP contribution in [0.3, 0.4) is 0 Å². The number of hydrogen-bond donors (Lipinski definition) is 2. The van der Waals surface area contributed by atoms with Crippen molar-refractivity contribution in [3.63, 3.8) is 0 Å². The second-order valence-electron chi connectivity index (χ2n) is 3.66. The molecule has 0 aliphatic carbocycles. The van der Waals surface area contributed by atoms with Gasteiger partial charge in [-0.15, -0.1) is 0 Å². The van der Waals surface area contributed by atoms with E-state index in [-0.39, 0.29) is 6.61 Å². The van der Waals surface area contributed by atoms with E-state index in [9.17, 15) is 0 Å². The van der Waals surface area contributed by atoms with Gasteiger partial charge in [0, 0.05) is 12.6 Å². The Hall–Kier alpha value is -0.860. The van der Waals surface area contributed by atoms with Gasteiger partial charge in [-0.25, -0.2) is 0 Å². The molecule has 0 aliphatic rings. The number of rotatable bonds is 5. The van der Waals surface area contributed by atoms with Crippen molar-refractivity contribution >= 4 is 0 Å². The molecule has 2 N–H and O–H groups in total. The average molecular weight is 193 g/mol. The monoisotopic (exact) mass is 193 g/mol. The summed E-state index contributed by atoms with van der Waals surface area (Å²) in [5.74, 6) is 0. The van der Waals surface area contributed by atoms with Gasteiger partial charge in [0.1, 0.15) is 0 Å². The van der Waals surface area contributed by atoms with Gasteiger partial charge in [0.15, 0.2) is 0 Å². The van der Waals surface area contributed by atoms with Crippen LogP contribution in [-0.2, 0) is 0 Å². The van der Waals surface area contributed by atoms with E-state index >= 15 is 0 Å². The van der Waals surface area contributed by atoms with Crippen molar-refractivity contribution in [1.82, 2.24) is 5.32 Å². The van der Waals surface area contributed by atoms with Crippen LogP contribution < -0.4 is 5.32 Å². The second kappa shape index (κ2) is 5.78. The van der Waals surface area contributed by atoms with Crippen molar-refractivity contribution in [1.29, 1.82) is 0 Å². The Morgan fingerprint density at radius 1 is 1.29 bits per heavy atom. The Balaban J connectivity index is 2.43. The third-order valence-corrected chi connectivity index (χ3v) is 2.36. The first-order valence-electron chi connectivity index (χ1n) is 5.15. The summed E-state index contributed by atoms with van der Waals surface area (Å²) in [6.07, 6.45) is 0.816. The van der Waals surface area contributed by atoms with Crippen molar-refractivity contribution in [2.45, 2.75) is 26.3 Å². The van der Waals surface area contributed by atoms with Gasteiger partial charge in [-0.1, -0.05) is 29.8 Å². The molecule has 0 aliphatic heterocycles. The summed E-state index contributed by atoms with van der Waals surface area (Å²) < 4.78 is 0. The van der Waals surface area contributed by atoms with Gasteiger partial charge in [-0.05, 0) is 32.4 Å². The maximum atomic E-state index is 8.65. The fraction of sp³-hybridized carbons (Fsp3) is 0.500. The van der Waals surface area contributed by atoms with Gasteiger partial charge in [0.2, 0.25) is 0 Å². The maximum absolute atomic E-state index is 8.65. The molecule has 0 amide bonds. The summed E-state index contributed by atoms with van der Waals surface area (Å²) in [7, 11) is 0. The van der Waals surface area contributed by atoms with E-state index in [1.54, 1.807) is 0 Å². The highest BCUT2D eigenvalue weighted by Gasteiger charge is 2.02. The lowest BCUT2D eigenvalue weighted by Gasteiger charge is -2.13. The molecule has 2 nitrogen and oxygen atoms in total. The minimum atomic E-state index is 0.258. The first kappa shape index (κ1) is 11.2. The first-order chi connectivity index (χ1) is 6.74. The Kier molecular flexibility index (Phi) is 4.63. The summed E-state index contributed by atoms with van der Waals surface area (Å²) in [6.45, 7) is 5.36. The Bertz CT molecular complexity index is 256. The molecule has 0 unspecified atom stereocenters. The molecule has 1 aromatic rings. The van der Waals surface area contributed by atoms with E-state index in [0.29, 0.717) is 6.04 Å². The molecule has 0 fully saturated rings. The van der Waals surface area contributed by atoms with Gasteiger partial charge in [-0.2, -0.15) is 0 Å². The fourth-order valence-electron chi connectivity index (χ4n) is 1.37. The van der Waals surface area contributed by atoms with Gasteiger partial charge in [-0.3, -0.25) is 0 Å². The molecular formula is C12H19NO. The summed E-state index contributed by atoms with van der Waals surface area (Å²) >= 11 is 0. The summed E-state index contributed by atoms with van der Waals surface area (Å²) in [5.41, 5.74) is 2.59. The number of hydrogen-bond acceptors (Lipinski definition) is 2. The molecule has 0 heterocycles. The van der Waals surface area contributed by atoms with Gasteiger partial charge < -0.3 is 10.4 Å². The molecule has 0 radical (unpaired) electrons. The van der Waals surface area contributed by atoms with Crippen LogP contribution in [0.15, 0.2) is 24.3 Å². The molecule has 1 rings (SSSR count). The number of benzene rings is 1. The van der Waals surface area contributed by atoms with Gasteiger partial charge in [0.05, 0.1) is 0 Å². The van der Waals surface area contributed by atoms with Crippen LogP contribution in [0.4, 0.5) is 0 Å². The highest BCUT2D eigenvalue weighted by molar-refractivity contribution is 5.23. The second-order valence-corrected chi connectivity index (χ2v) is 3.66. The molecule has 1 aromatic carbocycles. The van der Waals surface area contributed by atoms with Crippen molar-refractivity contribution in [3.8, 4) is 0 Å². The number of nitrogens with one attached hydrogen (secondary N) is 1. The minimum absolute atomic E-state index is 0.258. The molecular weight excluding hydrogens is 174 g/mol. The predicted octanol–water partition coefficient (Wildman–Crippen LogP) is 2.03. The first-order valence-corrected chi connectivity index (χ1v) is 5.15. The number of aliphatic hydroxyl groups excluding tert-OH is 1. The Morgan fingerprint density at radius 3 is 2.50 bits per heavy atom. The van der Waals surface area contributed by atoms with Crippen LogP contribution in [0.5, 0.6) is 0 Å². The standard InChI is InChI=1S/C12H19NO/c1-10-4-6-12(7-5-10)11(2)13-8-3-9-14/h4-7,11,13-14H,3,8-9H2,1-2H3/t11-/m0/s1. The molecule has 0 bridgehead atoms. The van der Waals surface area contributed by atoms with Crippen LogP contribution in [0.1, 0.15) is 30.5 Å². The lowest BCUT2D eigenvalue weighted by Crippen LogP contribution is -2.20. The highest BCUT2D eigenvalue weighted by Crippen LogP contribution is 2.12. The lowest BCUT2D eigenvalue weighted by atomic mass is 10.1. The topological polar surface area (TPSA) is 32.3 Å². The van der Waals surface area contributed by atoms with E-state index < -0.39 is 0 Å². The molecule has 0 saturated heterocycles. The molecule has 1 atom stereocenters. The van der Waals surface area contributed by atoms with Crippen molar-refractivity contribution in [2.75, 3.05) is 13.2 Å². The maximum Gasteiger partial charge on any atom is 0.0443 e. The normalized spacial score (nSPS) is 12.8. The third-order valence-electron chi connectivity index (χ3n) is 2.36. The minimum Gasteiger partial charge on any atom is -0.396 e. The molecule has 0 saturated carbocycles. The van der Waals surface area contributed by atoms with Gasteiger partial charge >= 0.3 is 0 Å². The smallest absolute Gasteiger partial charge is 0.0443 e.